The van der Waals surface area contributed by atoms with E-state index < -0.39 is 15.1 Å². The van der Waals surface area contributed by atoms with Crippen molar-refractivity contribution < 1.29 is 19.0 Å². The van der Waals surface area contributed by atoms with Gasteiger partial charge in [0.05, 0.1) is 31.5 Å². The van der Waals surface area contributed by atoms with Crippen LogP contribution in [0.15, 0.2) is 78.9 Å². The Bertz CT molecular complexity index is 1320. The third-order valence-electron chi connectivity index (χ3n) is 10.5. The molecule has 1 heterocycles. The van der Waals surface area contributed by atoms with Gasteiger partial charge in [0.1, 0.15) is 0 Å². The summed E-state index contributed by atoms with van der Waals surface area (Å²) in [4.78, 5) is 0. The van der Waals surface area contributed by atoms with Gasteiger partial charge in [-0.3, -0.25) is 0 Å². The van der Waals surface area contributed by atoms with Gasteiger partial charge in [-0.2, -0.15) is 0 Å². The maximum Gasteiger partial charge on any atom is 0.282 e. The third-order valence-corrected chi connectivity index (χ3v) is 12.6. The van der Waals surface area contributed by atoms with Gasteiger partial charge in [0.15, 0.2) is 0 Å². The Hall–Kier alpha value is -2.28. The monoisotopic (exact) mass is 567 g/mol. The summed E-state index contributed by atoms with van der Waals surface area (Å²) in [5.74, 6) is 0.963. The highest BCUT2D eigenvalue weighted by Crippen LogP contribution is 2.62. The van der Waals surface area contributed by atoms with Crippen LogP contribution in [0.5, 0.6) is 0 Å². The molecule has 5 heteroatoms. The minimum atomic E-state index is -1.47. The number of ether oxygens (including phenoxy) is 2. The predicted molar refractivity (Wildman–Crippen MR) is 164 cm³/mol. The van der Waals surface area contributed by atoms with Gasteiger partial charge in [-0.25, -0.2) is 0 Å². The van der Waals surface area contributed by atoms with Crippen molar-refractivity contribution in [3.05, 3.63) is 95.6 Å². The Kier molecular flexibility index (Phi) is 7.23. The molecule has 1 N–H and O–H groups in total. The molecule has 3 aromatic rings. The molecule has 7 rings (SSSR count). The van der Waals surface area contributed by atoms with E-state index in [1.165, 1.54) is 27.1 Å². The molecule has 0 amide bonds. The van der Waals surface area contributed by atoms with E-state index in [-0.39, 0.29) is 29.0 Å². The van der Waals surface area contributed by atoms with Crippen molar-refractivity contribution in [1.29, 1.82) is 0 Å². The Morgan fingerprint density at radius 3 is 2.29 bits per heavy atom. The molecule has 1 saturated heterocycles. The summed E-state index contributed by atoms with van der Waals surface area (Å²) in [6.45, 7) is 8.72. The highest BCUT2D eigenvalue weighted by atomic mass is 28.3. The average molecular weight is 568 g/mol. The molecule has 0 bridgehead atoms. The van der Waals surface area contributed by atoms with E-state index in [0.29, 0.717) is 38.1 Å². The molecule has 41 heavy (non-hydrogen) atoms. The van der Waals surface area contributed by atoms with Gasteiger partial charge in [0.2, 0.25) is 0 Å². The quantitative estimate of drug-likeness (QED) is 0.441. The van der Waals surface area contributed by atoms with E-state index >= 15 is 0 Å². The van der Waals surface area contributed by atoms with Gasteiger partial charge in [-0.15, -0.1) is 0 Å². The van der Waals surface area contributed by atoms with Gasteiger partial charge in [-0.05, 0) is 70.0 Å². The second kappa shape index (κ2) is 10.8. The lowest BCUT2D eigenvalue weighted by molar-refractivity contribution is -0.184. The maximum absolute atomic E-state index is 12.0. The lowest BCUT2D eigenvalue weighted by Crippen LogP contribution is -2.57. The Morgan fingerprint density at radius 1 is 0.927 bits per heavy atom. The molecule has 1 radical (unpaired) electrons. The molecular weight excluding hydrogens is 524 g/mol. The molecule has 0 spiro atoms. The number of aryl methyl sites for hydroxylation is 1. The van der Waals surface area contributed by atoms with Crippen LogP contribution in [0.2, 0.25) is 0 Å². The normalized spacial score (nSPS) is 32.6. The van der Waals surface area contributed by atoms with Crippen molar-refractivity contribution in [2.45, 2.75) is 76.1 Å². The van der Waals surface area contributed by atoms with Crippen molar-refractivity contribution in [3.8, 4) is 0 Å². The Balaban J connectivity index is 1.24. The molecule has 1 aliphatic heterocycles. The zero-order valence-corrected chi connectivity index (χ0v) is 25.6. The number of benzene rings is 3. The van der Waals surface area contributed by atoms with Crippen LogP contribution in [-0.2, 0) is 25.7 Å². The van der Waals surface area contributed by atoms with Crippen LogP contribution in [0.25, 0.3) is 0 Å². The fourth-order valence-electron chi connectivity index (χ4n) is 8.64. The summed E-state index contributed by atoms with van der Waals surface area (Å²) < 4.78 is 20.1. The number of fused-ring (bicyclic) bond motifs is 7. The number of hydrogen-bond acceptors (Lipinski definition) is 4. The average Bonchev–Trinajstić information content (AvgIpc) is 3.31. The largest absolute Gasteiger partial charge is 0.407 e. The minimum Gasteiger partial charge on any atom is -0.407 e. The lowest BCUT2D eigenvalue weighted by Gasteiger charge is -2.54. The molecule has 7 atom stereocenters. The Labute approximate surface area is 246 Å². The highest BCUT2D eigenvalue weighted by Gasteiger charge is 2.64. The standard InChI is InChI=1S/C36H43O4Si/c1-35(2,3)25-15-17-28-24(20-25)14-16-29-30-21-32-34(39-19-18-38-32)36(30,22-31(37)33(28)29)23-40-41(26-10-6-4-7-11-26)27-12-8-5-9-13-27/h4-13,15,17,20,29-34,37H,14,16,18-19,21-23H2,1-3H3/t29-,30-,31?,32?,33+,34?,36+/m0/s1. The molecule has 215 valence electrons. The SMILES string of the molecule is CC(C)(C)c1ccc2c(c1)CC[C@@H]1[C@@H]2C(O)C[C@]2(CO[Si](c3ccccc3)c3ccccc3)C3OCCOC3C[C@@H]12. The van der Waals surface area contributed by atoms with E-state index in [1.807, 2.05) is 0 Å². The van der Waals surface area contributed by atoms with Gasteiger partial charge in [0.25, 0.3) is 9.04 Å². The maximum atomic E-state index is 12.0. The molecule has 4 aliphatic rings. The fourth-order valence-corrected chi connectivity index (χ4v) is 10.7. The van der Waals surface area contributed by atoms with Gasteiger partial charge in [0, 0.05) is 17.9 Å². The molecule has 3 unspecified atom stereocenters. The highest BCUT2D eigenvalue weighted by molar-refractivity contribution is 6.80. The first-order valence-corrected chi connectivity index (χ1v) is 16.9. The van der Waals surface area contributed by atoms with Crippen molar-refractivity contribution in [2.24, 2.45) is 17.3 Å². The number of hydrogen-bond donors (Lipinski definition) is 1. The first-order chi connectivity index (χ1) is 19.8. The topological polar surface area (TPSA) is 47.9 Å². The summed E-state index contributed by atoms with van der Waals surface area (Å²) in [5, 5.41) is 14.5. The molecule has 0 aromatic heterocycles. The zero-order chi connectivity index (χ0) is 28.2. The Morgan fingerprint density at radius 2 is 1.61 bits per heavy atom. The second-order valence-corrected chi connectivity index (χ2v) is 15.9. The second-order valence-electron chi connectivity index (χ2n) is 13.8. The molecule has 3 fully saturated rings. The van der Waals surface area contributed by atoms with Crippen LogP contribution < -0.4 is 10.4 Å². The number of aliphatic hydroxyl groups is 1. The van der Waals surface area contributed by atoms with Crippen LogP contribution in [-0.4, -0.2) is 52.3 Å². The minimum absolute atomic E-state index is 0.0312. The first kappa shape index (κ1) is 27.5. The van der Waals surface area contributed by atoms with Crippen LogP contribution >= 0.6 is 0 Å². The van der Waals surface area contributed by atoms with E-state index in [2.05, 4.69) is 99.6 Å². The number of aliphatic hydroxyl groups excluding tert-OH is 1. The molecule has 3 aromatic carbocycles. The van der Waals surface area contributed by atoms with Crippen LogP contribution in [0.1, 0.15) is 62.6 Å². The molecular formula is C36H43O4Si. The van der Waals surface area contributed by atoms with Crippen LogP contribution in [0, 0.1) is 17.3 Å². The van der Waals surface area contributed by atoms with E-state index in [0.717, 1.165) is 19.3 Å². The van der Waals surface area contributed by atoms with Crippen LogP contribution in [0.3, 0.4) is 0 Å². The molecule has 3 aliphatic carbocycles. The number of rotatable bonds is 5. The lowest BCUT2D eigenvalue weighted by atomic mass is 9.53. The van der Waals surface area contributed by atoms with Gasteiger partial charge >= 0.3 is 0 Å². The van der Waals surface area contributed by atoms with E-state index in [1.54, 1.807) is 0 Å². The summed E-state index contributed by atoms with van der Waals surface area (Å²) in [5.41, 5.74) is 4.05. The van der Waals surface area contributed by atoms with Crippen molar-refractivity contribution in [2.75, 3.05) is 19.8 Å². The predicted octanol–water partition coefficient (Wildman–Crippen LogP) is 5.01. The zero-order valence-electron chi connectivity index (χ0n) is 24.6. The van der Waals surface area contributed by atoms with Gasteiger partial charge in [-0.1, -0.05) is 99.6 Å². The third kappa shape index (κ3) is 4.84. The van der Waals surface area contributed by atoms with Crippen molar-refractivity contribution >= 4 is 19.4 Å². The van der Waals surface area contributed by atoms with E-state index in [9.17, 15) is 5.11 Å². The van der Waals surface area contributed by atoms with Crippen molar-refractivity contribution in [3.63, 3.8) is 0 Å². The fraction of sp³-hybridized carbons (Fsp3) is 0.500. The molecule has 2 saturated carbocycles. The summed E-state index contributed by atoms with van der Waals surface area (Å²) in [6.07, 6.45) is 3.49. The summed E-state index contributed by atoms with van der Waals surface area (Å²) in [7, 11) is -1.47. The smallest absolute Gasteiger partial charge is 0.282 e. The van der Waals surface area contributed by atoms with Gasteiger partial charge < -0.3 is 19.0 Å². The summed E-state index contributed by atoms with van der Waals surface area (Å²) >= 11 is 0. The first-order valence-electron chi connectivity index (χ1n) is 15.5. The summed E-state index contributed by atoms with van der Waals surface area (Å²) in [6, 6.07) is 28.4. The van der Waals surface area contributed by atoms with Crippen molar-refractivity contribution in [1.82, 2.24) is 0 Å². The molecule has 4 nitrogen and oxygen atoms in total. The van der Waals surface area contributed by atoms with E-state index in [4.69, 9.17) is 13.9 Å². The van der Waals surface area contributed by atoms with Crippen LogP contribution in [0.4, 0.5) is 0 Å².